The minimum Gasteiger partial charge on any atom is -0.378 e. The molecule has 1 atom stereocenters. The van der Waals surface area contributed by atoms with E-state index in [1.807, 2.05) is 24.3 Å². The summed E-state index contributed by atoms with van der Waals surface area (Å²) in [6, 6.07) is 7.97. The first-order valence-corrected chi connectivity index (χ1v) is 4.74. The summed E-state index contributed by atoms with van der Waals surface area (Å²) in [6.45, 7) is 2.22. The smallest absolute Gasteiger partial charge is 0.0730 e. The van der Waals surface area contributed by atoms with Crippen LogP contribution in [0.15, 0.2) is 24.3 Å². The normalized spacial score (nSPS) is 23.0. The summed E-state index contributed by atoms with van der Waals surface area (Å²) in [6.07, 6.45) is 0. The van der Waals surface area contributed by atoms with E-state index in [1.165, 1.54) is 0 Å². The fourth-order valence-corrected chi connectivity index (χ4v) is 1.63. The predicted octanol–water partition coefficient (Wildman–Crippen LogP) is 2.02. The van der Waals surface area contributed by atoms with Gasteiger partial charge in [-0.2, -0.15) is 0 Å². The van der Waals surface area contributed by atoms with Gasteiger partial charge in [0.05, 0.1) is 19.3 Å². The van der Waals surface area contributed by atoms with Crippen LogP contribution in [0.4, 0.5) is 0 Å². The number of halogens is 1. The largest absolute Gasteiger partial charge is 0.378 e. The zero-order valence-electron chi connectivity index (χ0n) is 7.24. The van der Waals surface area contributed by atoms with Gasteiger partial charge in [0.2, 0.25) is 0 Å². The monoisotopic (exact) mass is 196 g/mol. The fourth-order valence-electron chi connectivity index (χ4n) is 1.44. The van der Waals surface area contributed by atoms with Crippen molar-refractivity contribution in [2.45, 2.75) is 6.04 Å². The first-order chi connectivity index (χ1) is 6.36. The van der Waals surface area contributed by atoms with Crippen molar-refractivity contribution in [3.8, 4) is 0 Å². The third-order valence-corrected chi connectivity index (χ3v) is 2.33. The molecule has 0 bridgehead atoms. The molecule has 3 heteroatoms. The molecular weight excluding hydrogens is 186 g/mol. The Balaban J connectivity index is 2.14. The average molecular weight is 197 g/mol. The van der Waals surface area contributed by atoms with Gasteiger partial charge in [0, 0.05) is 11.6 Å². The molecule has 1 saturated heterocycles. The number of rotatable bonds is 1. The maximum Gasteiger partial charge on any atom is 0.0730 e. The van der Waals surface area contributed by atoms with E-state index in [4.69, 9.17) is 16.3 Å². The summed E-state index contributed by atoms with van der Waals surface area (Å²) >= 11 is 5.88. The van der Waals surface area contributed by atoms with Crippen molar-refractivity contribution in [2.24, 2.45) is 0 Å². The number of benzene rings is 1. The molecule has 1 radical (unpaired) electrons. The molecule has 2 nitrogen and oxygen atoms in total. The second kappa shape index (κ2) is 4.09. The summed E-state index contributed by atoms with van der Waals surface area (Å²) in [5.74, 6) is 0. The first-order valence-electron chi connectivity index (χ1n) is 4.36. The van der Waals surface area contributed by atoms with Crippen LogP contribution in [-0.2, 0) is 4.74 Å². The molecule has 1 fully saturated rings. The van der Waals surface area contributed by atoms with Crippen molar-refractivity contribution in [1.29, 1.82) is 0 Å². The minimum atomic E-state index is 0.174. The zero-order chi connectivity index (χ0) is 9.10. The lowest BCUT2D eigenvalue weighted by Gasteiger charge is -2.22. The Morgan fingerprint density at radius 3 is 3.08 bits per heavy atom. The summed E-state index contributed by atoms with van der Waals surface area (Å²) in [7, 11) is 0. The third-order valence-electron chi connectivity index (χ3n) is 2.09. The number of ether oxygens (including phenoxy) is 1. The summed E-state index contributed by atoms with van der Waals surface area (Å²) in [4.78, 5) is 0. The second-order valence-corrected chi connectivity index (χ2v) is 3.49. The Labute approximate surface area is 82.9 Å². The quantitative estimate of drug-likeness (QED) is 0.674. The van der Waals surface area contributed by atoms with E-state index < -0.39 is 0 Å². The van der Waals surface area contributed by atoms with Gasteiger partial charge in [0.25, 0.3) is 0 Å². The number of nitrogens with zero attached hydrogens (tertiary/aromatic N) is 1. The predicted molar refractivity (Wildman–Crippen MR) is 52.0 cm³/mol. The Morgan fingerprint density at radius 2 is 2.38 bits per heavy atom. The van der Waals surface area contributed by atoms with Gasteiger partial charge in [-0.3, -0.25) is 0 Å². The lowest BCUT2D eigenvalue weighted by molar-refractivity contribution is 0.0745. The molecule has 1 aliphatic rings. The van der Waals surface area contributed by atoms with Crippen LogP contribution in [0.2, 0.25) is 5.02 Å². The van der Waals surface area contributed by atoms with Crippen LogP contribution in [-0.4, -0.2) is 19.8 Å². The molecule has 0 amide bonds. The Bertz CT molecular complexity index is 284. The maximum atomic E-state index is 5.88. The van der Waals surface area contributed by atoms with Crippen LogP contribution in [0.3, 0.4) is 0 Å². The number of hydrogen-bond acceptors (Lipinski definition) is 1. The Hall–Kier alpha value is -0.570. The second-order valence-electron chi connectivity index (χ2n) is 3.05. The highest BCUT2D eigenvalue weighted by atomic mass is 35.5. The van der Waals surface area contributed by atoms with Crippen molar-refractivity contribution in [3.63, 3.8) is 0 Å². The molecule has 1 aromatic rings. The van der Waals surface area contributed by atoms with E-state index in [0.29, 0.717) is 6.61 Å². The van der Waals surface area contributed by atoms with Gasteiger partial charge in [-0.25, -0.2) is 5.32 Å². The van der Waals surface area contributed by atoms with Crippen LogP contribution in [0.25, 0.3) is 0 Å². The first kappa shape index (κ1) is 9.00. The lowest BCUT2D eigenvalue weighted by atomic mass is 10.1. The fraction of sp³-hybridized carbons (Fsp3) is 0.400. The summed E-state index contributed by atoms with van der Waals surface area (Å²) in [5, 5.41) is 5.22. The van der Waals surface area contributed by atoms with Crippen molar-refractivity contribution in [3.05, 3.63) is 34.9 Å². The number of morpholine rings is 1. The van der Waals surface area contributed by atoms with Gasteiger partial charge in [-0.05, 0) is 17.7 Å². The molecule has 0 saturated carbocycles. The van der Waals surface area contributed by atoms with E-state index in [1.54, 1.807) is 0 Å². The Morgan fingerprint density at radius 1 is 1.46 bits per heavy atom. The maximum absolute atomic E-state index is 5.88. The van der Waals surface area contributed by atoms with Crippen molar-refractivity contribution >= 4 is 11.6 Å². The van der Waals surface area contributed by atoms with Crippen LogP contribution in [0.5, 0.6) is 0 Å². The van der Waals surface area contributed by atoms with Crippen molar-refractivity contribution < 1.29 is 4.74 Å². The highest BCUT2D eigenvalue weighted by molar-refractivity contribution is 6.30. The van der Waals surface area contributed by atoms with Gasteiger partial charge < -0.3 is 4.74 Å². The van der Waals surface area contributed by atoms with Gasteiger partial charge >= 0.3 is 0 Å². The molecule has 2 rings (SSSR count). The molecule has 1 unspecified atom stereocenters. The van der Waals surface area contributed by atoms with E-state index in [2.05, 4.69) is 5.32 Å². The standard InChI is InChI=1S/C10H11ClNO/c11-9-3-1-2-8(6-9)10-7-13-5-4-12-10/h1-3,6,10H,4-5,7H2. The lowest BCUT2D eigenvalue weighted by Crippen LogP contribution is -2.29. The SMILES string of the molecule is Clc1cccc(C2COCC[N]2)c1. The van der Waals surface area contributed by atoms with E-state index in [9.17, 15) is 0 Å². The molecule has 0 aliphatic carbocycles. The topological polar surface area (TPSA) is 23.3 Å². The molecule has 0 aromatic heterocycles. The van der Waals surface area contributed by atoms with Crippen molar-refractivity contribution in [2.75, 3.05) is 19.8 Å². The van der Waals surface area contributed by atoms with E-state index >= 15 is 0 Å². The van der Waals surface area contributed by atoms with Crippen molar-refractivity contribution in [1.82, 2.24) is 5.32 Å². The van der Waals surface area contributed by atoms with Crippen LogP contribution >= 0.6 is 11.6 Å². The molecular formula is C10H11ClNO. The molecule has 0 N–H and O–H groups in total. The van der Waals surface area contributed by atoms with E-state index in [0.717, 1.165) is 23.7 Å². The minimum absolute atomic E-state index is 0.174. The molecule has 13 heavy (non-hydrogen) atoms. The zero-order valence-corrected chi connectivity index (χ0v) is 8.00. The van der Waals surface area contributed by atoms with Crippen LogP contribution in [0, 0.1) is 0 Å². The van der Waals surface area contributed by atoms with E-state index in [-0.39, 0.29) is 6.04 Å². The average Bonchev–Trinajstić information content (AvgIpc) is 2.19. The molecule has 0 spiro atoms. The number of hydrogen-bond donors (Lipinski definition) is 0. The van der Waals surface area contributed by atoms with Crippen LogP contribution < -0.4 is 5.32 Å². The highest BCUT2D eigenvalue weighted by Gasteiger charge is 2.16. The van der Waals surface area contributed by atoms with Gasteiger partial charge in [-0.1, -0.05) is 23.7 Å². The molecule has 1 aliphatic heterocycles. The van der Waals surface area contributed by atoms with Crippen LogP contribution in [0.1, 0.15) is 11.6 Å². The summed E-state index contributed by atoms with van der Waals surface area (Å²) < 4.78 is 5.34. The third kappa shape index (κ3) is 2.21. The highest BCUT2D eigenvalue weighted by Crippen LogP contribution is 2.20. The summed E-state index contributed by atoms with van der Waals surface area (Å²) in [5.41, 5.74) is 1.15. The molecule has 1 heterocycles. The Kier molecular flexibility index (Phi) is 2.83. The molecule has 69 valence electrons. The molecule has 1 aromatic carbocycles. The van der Waals surface area contributed by atoms with Gasteiger partial charge in [-0.15, -0.1) is 0 Å². The van der Waals surface area contributed by atoms with Gasteiger partial charge in [0.15, 0.2) is 0 Å². The van der Waals surface area contributed by atoms with Gasteiger partial charge in [0.1, 0.15) is 0 Å².